The van der Waals surface area contributed by atoms with Crippen LogP contribution in [0, 0.1) is 0 Å². The van der Waals surface area contributed by atoms with E-state index in [1.807, 2.05) is 42.3 Å². The van der Waals surface area contributed by atoms with Gasteiger partial charge in [0.15, 0.2) is 0 Å². The number of hydrogen-bond acceptors (Lipinski definition) is 3. The molecule has 5 heteroatoms. The molecule has 0 heterocycles. The fourth-order valence-electron chi connectivity index (χ4n) is 2.74. The largest absolute Gasteiger partial charge is 0.341 e. The van der Waals surface area contributed by atoms with Crippen molar-refractivity contribution in [1.82, 2.24) is 15.5 Å². The minimum Gasteiger partial charge on any atom is -0.341 e. The van der Waals surface area contributed by atoms with E-state index in [2.05, 4.69) is 41.8 Å². The van der Waals surface area contributed by atoms with Gasteiger partial charge in [-0.15, -0.1) is 0 Å². The molecule has 0 spiro atoms. The molecule has 2 N–H and O–H groups in total. The minimum absolute atomic E-state index is 0.349. The summed E-state index contributed by atoms with van der Waals surface area (Å²) in [6.07, 6.45) is 0.997. The van der Waals surface area contributed by atoms with Crippen molar-refractivity contribution < 1.29 is 9.59 Å². The third kappa shape index (κ3) is 5.16. The molecular weight excluding hydrogens is 314 g/mol. The van der Waals surface area contributed by atoms with Gasteiger partial charge >= 0.3 is 6.03 Å². The lowest BCUT2D eigenvalue weighted by atomic mass is 10.0. The van der Waals surface area contributed by atoms with Gasteiger partial charge in [0.2, 0.25) is 5.91 Å². The molecule has 0 aliphatic heterocycles. The van der Waals surface area contributed by atoms with Gasteiger partial charge in [0.25, 0.3) is 0 Å². The lowest BCUT2D eigenvalue weighted by Gasteiger charge is -2.27. The molecule has 2 rings (SSSR count). The van der Waals surface area contributed by atoms with Gasteiger partial charge in [0, 0.05) is 13.6 Å². The number of hydrogen-bond donors (Lipinski definition) is 2. The summed E-state index contributed by atoms with van der Waals surface area (Å²) in [6.45, 7) is 2.72. The van der Waals surface area contributed by atoms with Crippen molar-refractivity contribution in [2.45, 2.75) is 25.9 Å². The highest BCUT2D eigenvalue weighted by atomic mass is 16.2. The number of imide groups is 1. The monoisotopic (exact) mass is 339 g/mol. The summed E-state index contributed by atoms with van der Waals surface area (Å²) in [7, 11) is 3.37. The average Bonchev–Trinajstić information content (AvgIpc) is 2.63. The van der Waals surface area contributed by atoms with E-state index in [0.717, 1.165) is 17.5 Å². The number of amides is 3. The summed E-state index contributed by atoms with van der Waals surface area (Å²) in [5.74, 6) is -0.349. The molecule has 0 aliphatic carbocycles. The molecule has 132 valence electrons. The average molecular weight is 339 g/mol. The number of carbonyl (C=O) groups is 2. The first-order valence-electron chi connectivity index (χ1n) is 8.40. The van der Waals surface area contributed by atoms with E-state index >= 15 is 0 Å². The van der Waals surface area contributed by atoms with E-state index in [1.165, 1.54) is 12.6 Å². The Kier molecular flexibility index (Phi) is 6.71. The van der Waals surface area contributed by atoms with Gasteiger partial charge in [-0.05, 0) is 30.2 Å². The third-order valence-electron chi connectivity index (χ3n) is 4.13. The molecule has 1 atom stereocenters. The maximum Gasteiger partial charge on any atom is 0.321 e. The predicted molar refractivity (Wildman–Crippen MR) is 99.1 cm³/mol. The van der Waals surface area contributed by atoms with Crippen LogP contribution in [0.5, 0.6) is 0 Å². The maximum atomic E-state index is 12.6. The first kappa shape index (κ1) is 18.7. The zero-order valence-electron chi connectivity index (χ0n) is 15.0. The number of carbonyl (C=O) groups excluding carboxylic acids is 2. The van der Waals surface area contributed by atoms with Crippen molar-refractivity contribution in [3.05, 3.63) is 71.3 Å². The van der Waals surface area contributed by atoms with Gasteiger partial charge in [0.1, 0.15) is 6.04 Å². The van der Waals surface area contributed by atoms with Gasteiger partial charge in [-0.25, -0.2) is 4.79 Å². The second kappa shape index (κ2) is 8.99. The number of nitrogens with one attached hydrogen (secondary N) is 2. The minimum atomic E-state index is -0.552. The van der Waals surface area contributed by atoms with Gasteiger partial charge in [-0.3, -0.25) is 15.0 Å². The van der Waals surface area contributed by atoms with Crippen molar-refractivity contribution in [3.63, 3.8) is 0 Å². The van der Waals surface area contributed by atoms with Crippen LogP contribution in [0.3, 0.4) is 0 Å². The summed E-state index contributed by atoms with van der Waals surface area (Å²) >= 11 is 0. The number of aryl methyl sites for hydroxylation is 1. The summed E-state index contributed by atoms with van der Waals surface area (Å²) in [5, 5.41) is 4.80. The maximum absolute atomic E-state index is 12.6. The van der Waals surface area contributed by atoms with Gasteiger partial charge in [0.05, 0.1) is 0 Å². The number of urea groups is 1. The number of nitrogens with zero attached hydrogens (tertiary/aromatic N) is 1. The molecule has 3 amide bonds. The molecule has 2 aromatic carbocycles. The van der Waals surface area contributed by atoms with Crippen molar-refractivity contribution >= 4 is 11.9 Å². The van der Waals surface area contributed by atoms with Crippen molar-refractivity contribution in [2.75, 3.05) is 14.1 Å². The van der Waals surface area contributed by atoms with Crippen LogP contribution in [0.4, 0.5) is 4.79 Å². The highest BCUT2D eigenvalue weighted by Gasteiger charge is 2.26. The highest BCUT2D eigenvalue weighted by molar-refractivity contribution is 5.97. The molecule has 0 bridgehead atoms. The predicted octanol–water partition coefficient (Wildman–Crippen LogP) is 2.88. The van der Waals surface area contributed by atoms with Crippen LogP contribution in [0.1, 0.15) is 29.7 Å². The normalized spacial score (nSPS) is 11.8. The standard InChI is InChI=1S/C20H25N3O2/c1-4-15-10-12-16(13-11-15)14-23(3)18(17-8-6-5-7-9-17)19(24)22-20(25)21-2/h5-13,18H,4,14H2,1-3H3,(H2,21,22,24,25)/t18-/m1/s1. The first-order valence-corrected chi connectivity index (χ1v) is 8.40. The van der Waals surface area contributed by atoms with Crippen molar-refractivity contribution in [3.8, 4) is 0 Å². The van der Waals surface area contributed by atoms with Crippen LogP contribution >= 0.6 is 0 Å². The fourth-order valence-corrected chi connectivity index (χ4v) is 2.74. The molecule has 0 saturated carbocycles. The molecule has 0 unspecified atom stereocenters. The summed E-state index contributed by atoms with van der Waals surface area (Å²) in [5.41, 5.74) is 3.24. The summed E-state index contributed by atoms with van der Waals surface area (Å²) < 4.78 is 0. The molecule has 0 aromatic heterocycles. The van der Waals surface area contributed by atoms with E-state index in [0.29, 0.717) is 6.54 Å². The summed E-state index contributed by atoms with van der Waals surface area (Å²) in [4.78, 5) is 26.1. The molecule has 0 aliphatic rings. The Morgan fingerprint density at radius 2 is 1.60 bits per heavy atom. The molecule has 0 saturated heterocycles. The van der Waals surface area contributed by atoms with Crippen LogP contribution in [0.15, 0.2) is 54.6 Å². The van der Waals surface area contributed by atoms with Crippen molar-refractivity contribution in [1.29, 1.82) is 0 Å². The molecule has 25 heavy (non-hydrogen) atoms. The van der Waals surface area contributed by atoms with E-state index in [4.69, 9.17) is 0 Å². The SMILES string of the molecule is CCc1ccc(CN(C)[C@@H](C(=O)NC(=O)NC)c2ccccc2)cc1. The molecule has 0 radical (unpaired) electrons. The highest BCUT2D eigenvalue weighted by Crippen LogP contribution is 2.22. The number of rotatable bonds is 6. The Bertz CT molecular complexity index is 699. The van der Waals surface area contributed by atoms with Gasteiger partial charge in [-0.1, -0.05) is 61.5 Å². The molecule has 0 fully saturated rings. The van der Waals surface area contributed by atoms with Gasteiger partial charge in [-0.2, -0.15) is 0 Å². The van der Waals surface area contributed by atoms with E-state index in [-0.39, 0.29) is 5.91 Å². The van der Waals surface area contributed by atoms with Crippen LogP contribution in [-0.4, -0.2) is 30.9 Å². The quantitative estimate of drug-likeness (QED) is 0.851. The lowest BCUT2D eigenvalue weighted by Crippen LogP contribution is -2.44. The second-order valence-corrected chi connectivity index (χ2v) is 5.97. The Morgan fingerprint density at radius 1 is 1.00 bits per heavy atom. The first-order chi connectivity index (χ1) is 12.0. The van der Waals surface area contributed by atoms with E-state index < -0.39 is 12.1 Å². The Morgan fingerprint density at radius 3 is 2.16 bits per heavy atom. The van der Waals surface area contributed by atoms with Crippen LogP contribution in [-0.2, 0) is 17.8 Å². The van der Waals surface area contributed by atoms with Crippen LogP contribution in [0.25, 0.3) is 0 Å². The molecule has 2 aromatic rings. The summed E-state index contributed by atoms with van der Waals surface area (Å²) in [6, 6.07) is 16.8. The zero-order valence-corrected chi connectivity index (χ0v) is 15.0. The second-order valence-electron chi connectivity index (χ2n) is 5.97. The van der Waals surface area contributed by atoms with Crippen LogP contribution < -0.4 is 10.6 Å². The Balaban J connectivity index is 2.21. The smallest absolute Gasteiger partial charge is 0.321 e. The van der Waals surface area contributed by atoms with E-state index in [9.17, 15) is 9.59 Å². The van der Waals surface area contributed by atoms with Gasteiger partial charge < -0.3 is 5.32 Å². The van der Waals surface area contributed by atoms with Crippen molar-refractivity contribution in [2.24, 2.45) is 0 Å². The zero-order chi connectivity index (χ0) is 18.2. The fraction of sp³-hybridized carbons (Fsp3) is 0.300. The Labute approximate surface area is 149 Å². The lowest BCUT2D eigenvalue weighted by molar-refractivity contribution is -0.125. The molecule has 5 nitrogen and oxygen atoms in total. The Hall–Kier alpha value is -2.66. The number of likely N-dealkylation sites (N-methyl/N-ethyl adjacent to an activating group) is 1. The molecular formula is C20H25N3O2. The number of benzene rings is 2. The van der Waals surface area contributed by atoms with E-state index in [1.54, 1.807) is 0 Å². The third-order valence-corrected chi connectivity index (χ3v) is 4.13. The topological polar surface area (TPSA) is 61.4 Å². The van der Waals surface area contributed by atoms with Crippen LogP contribution in [0.2, 0.25) is 0 Å².